The van der Waals surface area contributed by atoms with Crippen LogP contribution in [0.4, 0.5) is 0 Å². The van der Waals surface area contributed by atoms with E-state index in [2.05, 4.69) is 38.4 Å². The highest BCUT2D eigenvalue weighted by molar-refractivity contribution is 6.00. The first kappa shape index (κ1) is 59.7. The Balaban J connectivity index is 1.19. The van der Waals surface area contributed by atoms with Crippen LogP contribution in [-0.2, 0) is 28.8 Å². The van der Waals surface area contributed by atoms with Crippen LogP contribution in [0.15, 0.2) is 97.1 Å². The van der Waals surface area contributed by atoms with Gasteiger partial charge in [0.05, 0.1) is 31.5 Å². The van der Waals surface area contributed by atoms with Crippen LogP contribution in [0.1, 0.15) is 66.8 Å². The van der Waals surface area contributed by atoms with Crippen molar-refractivity contribution >= 4 is 41.4 Å². The van der Waals surface area contributed by atoms with Gasteiger partial charge in [-0.1, -0.05) is 55.2 Å². The Bertz CT molecular complexity index is 2950. The summed E-state index contributed by atoms with van der Waals surface area (Å²) in [6.07, 6.45) is -16.8. The zero-order valence-electron chi connectivity index (χ0n) is 43.9. The third-order valence-electron chi connectivity index (χ3n) is 14.3. The molecule has 80 heavy (non-hydrogen) atoms. The number of phenolic OH excluding ortho intramolecular Hbond substituents is 1. The number of benzene rings is 4. The number of aliphatic hydroxyl groups excluding tert-OH is 8. The standard InChI is InChI=1S/C56H65N7O17/c1-27-25-63-45(46(27)69)54(77)61-52(75)41(68)24-39(57-49(72)35-15-13-33(14-16-35)32-11-7-30(8-12-32)5-6-31-9-21-38(80-4)22-10-31)50(73)58-42(28(2)64)55(78)62-26-37(67)23-40(62)51(74)60-44(53(76)59-43(29(3)65)56(63)79)48(71)47(70)34-17-19-36(66)20-18-34/h7-22,27-29,37,39-48,52,64-71,75H,23-26H2,1-4H3,(H,57,72)(H,58,73)(H,59,76)(H,60,74)(H,61,77)/t27-,28+,29+,37+,39-,40-,41+,42-,43-,44-,45-,46-,47-,48-,52+/m0/s1. The van der Waals surface area contributed by atoms with E-state index in [9.17, 15) is 79.5 Å². The maximum atomic E-state index is 14.4. The number of hydrogen-bond donors (Lipinski definition) is 14. The molecule has 3 fully saturated rings. The van der Waals surface area contributed by atoms with Crippen molar-refractivity contribution in [3.05, 3.63) is 119 Å². The van der Waals surface area contributed by atoms with Crippen molar-refractivity contribution in [1.29, 1.82) is 0 Å². The highest BCUT2D eigenvalue weighted by Gasteiger charge is 2.50. The van der Waals surface area contributed by atoms with E-state index in [1.54, 1.807) is 31.4 Å². The molecule has 0 unspecified atom stereocenters. The lowest BCUT2D eigenvalue weighted by Gasteiger charge is -2.34. The summed E-state index contributed by atoms with van der Waals surface area (Å²) in [7, 11) is 1.57. The van der Waals surface area contributed by atoms with Gasteiger partial charge < -0.3 is 87.1 Å². The van der Waals surface area contributed by atoms with Crippen LogP contribution in [0.5, 0.6) is 11.5 Å². The largest absolute Gasteiger partial charge is 0.508 e. The monoisotopic (exact) mass is 1110 g/mol. The van der Waals surface area contributed by atoms with E-state index in [1.807, 2.05) is 36.4 Å². The molecule has 3 saturated heterocycles. The van der Waals surface area contributed by atoms with Gasteiger partial charge in [0.15, 0.2) is 6.23 Å². The molecule has 4 aromatic rings. The lowest BCUT2D eigenvalue weighted by Crippen LogP contribution is -2.64. The van der Waals surface area contributed by atoms with Crippen LogP contribution < -0.4 is 31.3 Å². The van der Waals surface area contributed by atoms with Crippen molar-refractivity contribution in [3.8, 4) is 34.5 Å². The van der Waals surface area contributed by atoms with Gasteiger partial charge in [-0.3, -0.25) is 33.6 Å². The molecule has 426 valence electrons. The molecule has 15 atom stereocenters. The van der Waals surface area contributed by atoms with Gasteiger partial charge in [-0.15, -0.1) is 0 Å². The van der Waals surface area contributed by atoms with E-state index in [1.165, 1.54) is 31.2 Å². The smallest absolute Gasteiger partial charge is 0.251 e. The number of hydrogen-bond acceptors (Lipinski definition) is 17. The zero-order chi connectivity index (χ0) is 58.3. The topological polar surface area (TPSA) is 377 Å². The number of aliphatic hydroxyl groups is 8. The first-order valence-corrected chi connectivity index (χ1v) is 25.7. The highest BCUT2D eigenvalue weighted by Crippen LogP contribution is 2.28. The molecule has 0 bridgehead atoms. The molecule has 0 saturated carbocycles. The quantitative estimate of drug-likeness (QED) is 0.0756. The maximum Gasteiger partial charge on any atom is 0.251 e. The molecule has 24 nitrogen and oxygen atoms in total. The van der Waals surface area contributed by atoms with Gasteiger partial charge in [-0.25, -0.2) is 0 Å². The van der Waals surface area contributed by atoms with E-state index in [0.29, 0.717) is 11.3 Å². The van der Waals surface area contributed by atoms with Crippen molar-refractivity contribution < 1.29 is 84.3 Å². The third kappa shape index (κ3) is 13.9. The fraction of sp³-hybridized carbons (Fsp3) is 0.411. The van der Waals surface area contributed by atoms with E-state index in [4.69, 9.17) is 4.74 Å². The maximum absolute atomic E-state index is 14.4. The number of carbonyl (C=O) groups excluding carboxylic acids is 7. The molecule has 0 aromatic heterocycles. The summed E-state index contributed by atoms with van der Waals surface area (Å²) in [5.41, 5.74) is 2.88. The van der Waals surface area contributed by atoms with Crippen molar-refractivity contribution in [2.75, 3.05) is 20.2 Å². The second-order valence-corrected chi connectivity index (χ2v) is 20.2. The second kappa shape index (κ2) is 25.9. The zero-order valence-corrected chi connectivity index (χ0v) is 43.9. The van der Waals surface area contributed by atoms with Crippen LogP contribution in [0.3, 0.4) is 0 Å². The Morgan fingerprint density at radius 3 is 1.73 bits per heavy atom. The van der Waals surface area contributed by atoms with Crippen molar-refractivity contribution in [2.45, 2.75) is 119 Å². The molecule has 0 aliphatic carbocycles. The third-order valence-corrected chi connectivity index (χ3v) is 14.3. The van der Waals surface area contributed by atoms with E-state index in [-0.39, 0.29) is 23.4 Å². The molecule has 3 aliphatic heterocycles. The molecule has 3 aliphatic rings. The molecule has 3 heterocycles. The van der Waals surface area contributed by atoms with Gasteiger partial charge in [-0.2, -0.15) is 0 Å². The van der Waals surface area contributed by atoms with E-state index >= 15 is 0 Å². The normalized spacial score (nSPS) is 27.7. The number of aromatic hydroxyl groups is 1. The fourth-order valence-electron chi connectivity index (χ4n) is 9.64. The molecule has 24 heteroatoms. The number of nitrogens with one attached hydrogen (secondary N) is 5. The van der Waals surface area contributed by atoms with Crippen LogP contribution in [-0.4, -0.2) is 196 Å². The van der Waals surface area contributed by atoms with Gasteiger partial charge >= 0.3 is 0 Å². The number of phenols is 1. The molecule has 0 radical (unpaired) electrons. The minimum absolute atomic E-state index is 0.00568. The van der Waals surface area contributed by atoms with E-state index < -0.39 is 152 Å². The lowest BCUT2D eigenvalue weighted by atomic mass is 9.96. The second-order valence-electron chi connectivity index (χ2n) is 20.2. The number of methoxy groups -OCH3 is 1. The summed E-state index contributed by atoms with van der Waals surface area (Å²) in [5.74, 6) is -2.62. The Morgan fingerprint density at radius 2 is 1.16 bits per heavy atom. The summed E-state index contributed by atoms with van der Waals surface area (Å²) in [6, 6.07) is 13.7. The summed E-state index contributed by atoms with van der Waals surface area (Å²) in [4.78, 5) is 101. The predicted octanol–water partition coefficient (Wildman–Crippen LogP) is -2.75. The molecule has 4 aromatic carbocycles. The number of carbonyl (C=O) groups is 7. The summed E-state index contributed by atoms with van der Waals surface area (Å²) in [5, 5.41) is 111. The highest BCUT2D eigenvalue weighted by atomic mass is 16.5. The van der Waals surface area contributed by atoms with Gasteiger partial charge in [0.2, 0.25) is 35.4 Å². The molecule has 7 rings (SSSR count). The minimum Gasteiger partial charge on any atom is -0.508 e. The number of amides is 7. The van der Waals surface area contributed by atoms with Crippen LogP contribution >= 0.6 is 0 Å². The van der Waals surface area contributed by atoms with Gasteiger partial charge in [0.25, 0.3) is 5.91 Å². The predicted molar refractivity (Wildman–Crippen MR) is 282 cm³/mol. The Hall–Kier alpha value is -7.99. The number of ether oxygens (including phenoxy) is 1. The summed E-state index contributed by atoms with van der Waals surface area (Å²) in [6.45, 7) is 2.67. The average molecular weight is 1110 g/mol. The fourth-order valence-corrected chi connectivity index (χ4v) is 9.64. The Labute approximate surface area is 459 Å². The number of nitrogens with zero attached hydrogens (tertiary/aromatic N) is 2. The average Bonchev–Trinajstić information content (AvgIpc) is 3.99. The Kier molecular flexibility index (Phi) is 19.3. The molecule has 0 spiro atoms. The number of fused-ring (bicyclic) bond motifs is 2. The van der Waals surface area contributed by atoms with Crippen molar-refractivity contribution in [2.24, 2.45) is 5.92 Å². The molecular formula is C56H65N7O17. The molecule has 7 amide bonds. The first-order chi connectivity index (χ1) is 37.9. The van der Waals surface area contributed by atoms with Crippen LogP contribution in [0, 0.1) is 17.8 Å². The number of rotatable bonds is 9. The van der Waals surface area contributed by atoms with Crippen LogP contribution in [0.25, 0.3) is 11.1 Å². The van der Waals surface area contributed by atoms with Gasteiger partial charge in [0, 0.05) is 48.5 Å². The minimum atomic E-state index is -2.30. The van der Waals surface area contributed by atoms with Crippen molar-refractivity contribution in [3.63, 3.8) is 0 Å². The van der Waals surface area contributed by atoms with Gasteiger partial charge in [0.1, 0.15) is 66.1 Å². The lowest BCUT2D eigenvalue weighted by molar-refractivity contribution is -0.148. The SMILES string of the molecule is COc1ccc(C#Cc2ccc(-c3ccc(C(=O)N[C@H]4C[C@@H](O)[C@@H](O)NC(=O)[C@@H]5[C@@H](O)[C@@H](C)CN5C(=O)[C@H]([C@@H](C)O)NC(=O)[C@H]([C@H](O)[C@@H](O)c5ccc(O)cc5)NC(=O)[C@@H]5C[C@@H](O)CN5C(=O)[C@H]([C@@H](C)O)NC4=O)cc3)cc2)cc1. The van der Waals surface area contributed by atoms with Gasteiger partial charge in [-0.05, 0) is 91.2 Å². The molecular weight excluding hydrogens is 1040 g/mol. The van der Waals surface area contributed by atoms with Crippen molar-refractivity contribution in [1.82, 2.24) is 36.4 Å². The van der Waals surface area contributed by atoms with Crippen LogP contribution in [0.2, 0.25) is 0 Å². The van der Waals surface area contributed by atoms with E-state index in [0.717, 1.165) is 52.5 Å². The Morgan fingerprint density at radius 1 is 0.637 bits per heavy atom. The molecule has 14 N–H and O–H groups in total. The summed E-state index contributed by atoms with van der Waals surface area (Å²) >= 11 is 0. The summed E-state index contributed by atoms with van der Waals surface area (Å²) < 4.78 is 5.19. The first-order valence-electron chi connectivity index (χ1n) is 25.7.